The topological polar surface area (TPSA) is 97.2 Å². The predicted octanol–water partition coefficient (Wildman–Crippen LogP) is 1.92. The molecule has 0 bridgehead atoms. The van der Waals surface area contributed by atoms with Crippen molar-refractivity contribution >= 4 is 17.6 Å². The number of rotatable bonds is 5. The van der Waals surface area contributed by atoms with Gasteiger partial charge < -0.3 is 20.0 Å². The zero-order valence-electron chi connectivity index (χ0n) is 15.3. The van der Waals surface area contributed by atoms with Gasteiger partial charge in [-0.1, -0.05) is 47.6 Å². The third-order valence-corrected chi connectivity index (χ3v) is 5.26. The van der Waals surface area contributed by atoms with Crippen molar-refractivity contribution in [3.63, 3.8) is 0 Å². The maximum absolute atomic E-state index is 13.1. The van der Waals surface area contributed by atoms with Crippen LogP contribution in [0.15, 0.2) is 59.8 Å². The molecule has 0 aromatic heterocycles. The first-order valence-corrected chi connectivity index (χ1v) is 9.02. The average molecular weight is 380 g/mol. The first kappa shape index (κ1) is 18.0. The second kappa shape index (κ2) is 6.99. The Morgan fingerprint density at radius 1 is 1.25 bits per heavy atom. The summed E-state index contributed by atoms with van der Waals surface area (Å²) in [5, 5.41) is 15.6. The number of hydrogen-bond donors (Lipinski definition) is 2. The summed E-state index contributed by atoms with van der Waals surface area (Å²) in [5.74, 6) is -0.822. The number of carbonyl (C=O) groups is 2. The molecule has 1 amide bonds. The quantitative estimate of drug-likeness (QED) is 0.469. The molecule has 2 aliphatic rings. The van der Waals surface area contributed by atoms with Crippen molar-refractivity contribution in [2.75, 3.05) is 7.11 Å². The Balaban J connectivity index is 1.56. The normalized spacial score (nSPS) is 24.3. The first-order chi connectivity index (χ1) is 13.6. The molecule has 1 saturated carbocycles. The summed E-state index contributed by atoms with van der Waals surface area (Å²) in [6, 6.07) is 15.7. The van der Waals surface area contributed by atoms with Gasteiger partial charge in [0.05, 0.1) is 18.7 Å². The number of hydrogen-bond acceptors (Lipinski definition) is 6. The standard InChI is InChI=1S/C21H20N2O5/c1-27-19(24)16(11-13-7-3-2-4-8-13)22-20(25)21-12-15(21)18(23-26)14-9-5-6-10-17(14)28-21/h2-10,15-16,26H,11-12H2,1H3,(H,22,25)/b23-18+/t15-,16+,21-/m0/s1. The highest BCUT2D eigenvalue weighted by molar-refractivity contribution is 6.13. The Morgan fingerprint density at radius 2 is 1.96 bits per heavy atom. The Labute approximate surface area is 162 Å². The summed E-state index contributed by atoms with van der Waals surface area (Å²) >= 11 is 0. The van der Waals surface area contributed by atoms with Gasteiger partial charge >= 0.3 is 5.97 Å². The molecule has 1 fully saturated rings. The second-order valence-electron chi connectivity index (χ2n) is 6.97. The fourth-order valence-corrected chi connectivity index (χ4v) is 3.71. The van der Waals surface area contributed by atoms with Crippen molar-refractivity contribution in [2.45, 2.75) is 24.5 Å². The monoisotopic (exact) mass is 380 g/mol. The van der Waals surface area contributed by atoms with Crippen LogP contribution in [0.4, 0.5) is 0 Å². The minimum atomic E-state index is -1.17. The highest BCUT2D eigenvalue weighted by atomic mass is 16.5. The molecule has 0 radical (unpaired) electrons. The van der Waals surface area contributed by atoms with Gasteiger partial charge in [0, 0.05) is 18.4 Å². The summed E-state index contributed by atoms with van der Waals surface area (Å²) < 4.78 is 10.9. The van der Waals surface area contributed by atoms with Crippen LogP contribution in [0.1, 0.15) is 17.5 Å². The van der Waals surface area contributed by atoms with Crippen LogP contribution in [0, 0.1) is 5.92 Å². The minimum absolute atomic E-state index is 0.303. The molecule has 3 atom stereocenters. The van der Waals surface area contributed by atoms with E-state index in [2.05, 4.69) is 10.5 Å². The van der Waals surface area contributed by atoms with E-state index in [4.69, 9.17) is 9.47 Å². The number of methoxy groups -OCH3 is 1. The Bertz CT molecular complexity index is 943. The largest absolute Gasteiger partial charge is 0.476 e. The summed E-state index contributed by atoms with van der Waals surface area (Å²) in [7, 11) is 1.29. The van der Waals surface area contributed by atoms with Crippen LogP contribution in [0.3, 0.4) is 0 Å². The number of carbonyl (C=O) groups excluding carboxylic acids is 2. The lowest BCUT2D eigenvalue weighted by molar-refractivity contribution is -0.146. The van der Waals surface area contributed by atoms with E-state index in [1.54, 1.807) is 18.2 Å². The van der Waals surface area contributed by atoms with Gasteiger partial charge in [-0.15, -0.1) is 0 Å². The van der Waals surface area contributed by atoms with Gasteiger partial charge in [0.2, 0.25) is 0 Å². The van der Waals surface area contributed by atoms with E-state index in [-0.39, 0.29) is 5.92 Å². The second-order valence-corrected chi connectivity index (χ2v) is 6.97. The van der Waals surface area contributed by atoms with Crippen molar-refractivity contribution in [1.29, 1.82) is 0 Å². The SMILES string of the molecule is COC(=O)[C@@H](Cc1ccccc1)NC(=O)[C@]12C[C@H]1/C(=N/O)c1ccccc1O2. The molecular weight excluding hydrogens is 360 g/mol. The van der Waals surface area contributed by atoms with Crippen molar-refractivity contribution in [2.24, 2.45) is 11.1 Å². The molecular formula is C21H20N2O5. The molecule has 0 saturated heterocycles. The van der Waals surface area contributed by atoms with E-state index >= 15 is 0 Å². The Morgan fingerprint density at radius 3 is 2.68 bits per heavy atom. The predicted molar refractivity (Wildman–Crippen MR) is 100 cm³/mol. The molecule has 1 heterocycles. The van der Waals surface area contributed by atoms with Crippen LogP contribution in [0.25, 0.3) is 0 Å². The summed E-state index contributed by atoms with van der Waals surface area (Å²) in [4.78, 5) is 25.3. The van der Waals surface area contributed by atoms with Crippen molar-refractivity contribution in [3.8, 4) is 5.75 Å². The van der Waals surface area contributed by atoms with Gasteiger partial charge in [0.15, 0.2) is 5.60 Å². The van der Waals surface area contributed by atoms with Gasteiger partial charge in [0.25, 0.3) is 5.91 Å². The third-order valence-electron chi connectivity index (χ3n) is 5.26. The van der Waals surface area contributed by atoms with E-state index in [1.807, 2.05) is 36.4 Å². The number of fused-ring (bicyclic) bond motifs is 2. The van der Waals surface area contributed by atoms with E-state index < -0.39 is 23.5 Å². The molecule has 0 spiro atoms. The Kier molecular flexibility index (Phi) is 4.50. The summed E-state index contributed by atoms with van der Waals surface area (Å²) in [5.41, 5.74) is 0.828. The average Bonchev–Trinajstić information content (AvgIpc) is 3.47. The van der Waals surface area contributed by atoms with Crippen LogP contribution in [-0.4, -0.2) is 41.5 Å². The van der Waals surface area contributed by atoms with Crippen LogP contribution in [0.5, 0.6) is 5.75 Å². The fourth-order valence-electron chi connectivity index (χ4n) is 3.71. The number of esters is 1. The number of ether oxygens (including phenoxy) is 2. The van der Waals surface area contributed by atoms with Gasteiger partial charge in [-0.3, -0.25) is 4.79 Å². The zero-order chi connectivity index (χ0) is 19.7. The molecule has 4 rings (SSSR count). The molecule has 1 aliphatic carbocycles. The lowest BCUT2D eigenvalue weighted by Gasteiger charge is -2.27. The molecule has 2 aromatic carbocycles. The smallest absolute Gasteiger partial charge is 0.328 e. The molecule has 1 aliphatic heterocycles. The van der Waals surface area contributed by atoms with Crippen LogP contribution in [0.2, 0.25) is 0 Å². The van der Waals surface area contributed by atoms with Gasteiger partial charge in [-0.2, -0.15) is 0 Å². The van der Waals surface area contributed by atoms with Crippen molar-refractivity contribution in [1.82, 2.24) is 5.32 Å². The first-order valence-electron chi connectivity index (χ1n) is 9.02. The molecule has 7 heteroatoms. The highest BCUT2D eigenvalue weighted by Gasteiger charge is 2.68. The van der Waals surface area contributed by atoms with E-state index in [0.29, 0.717) is 29.9 Å². The fraction of sp³-hybridized carbons (Fsp3) is 0.286. The number of para-hydroxylation sites is 1. The zero-order valence-corrected chi connectivity index (χ0v) is 15.3. The molecule has 144 valence electrons. The molecule has 28 heavy (non-hydrogen) atoms. The van der Waals surface area contributed by atoms with Crippen LogP contribution < -0.4 is 10.1 Å². The molecule has 0 unspecified atom stereocenters. The van der Waals surface area contributed by atoms with Gasteiger partial charge in [0.1, 0.15) is 11.8 Å². The van der Waals surface area contributed by atoms with Crippen molar-refractivity contribution in [3.05, 3.63) is 65.7 Å². The van der Waals surface area contributed by atoms with Gasteiger partial charge in [-0.05, 0) is 17.7 Å². The lowest BCUT2D eigenvalue weighted by atomic mass is 9.99. The molecule has 2 N–H and O–H groups in total. The highest BCUT2D eigenvalue weighted by Crippen LogP contribution is 2.54. The number of oxime groups is 1. The molecule has 7 nitrogen and oxygen atoms in total. The molecule has 2 aromatic rings. The number of nitrogens with one attached hydrogen (secondary N) is 1. The van der Waals surface area contributed by atoms with Crippen LogP contribution >= 0.6 is 0 Å². The number of nitrogens with zero attached hydrogens (tertiary/aromatic N) is 1. The lowest BCUT2D eigenvalue weighted by Crippen LogP contribution is -2.52. The maximum atomic E-state index is 13.1. The van der Waals surface area contributed by atoms with Gasteiger partial charge in [-0.25, -0.2) is 4.79 Å². The maximum Gasteiger partial charge on any atom is 0.328 e. The summed E-state index contributed by atoms with van der Waals surface area (Å²) in [6.45, 7) is 0. The summed E-state index contributed by atoms with van der Waals surface area (Å²) in [6.07, 6.45) is 0.684. The van der Waals surface area contributed by atoms with Crippen molar-refractivity contribution < 1.29 is 24.3 Å². The van der Waals surface area contributed by atoms with E-state index in [0.717, 1.165) is 5.56 Å². The minimum Gasteiger partial charge on any atom is -0.476 e. The number of amides is 1. The third kappa shape index (κ3) is 2.98. The van der Waals surface area contributed by atoms with E-state index in [9.17, 15) is 14.8 Å². The Hall–Kier alpha value is -3.35. The number of benzene rings is 2. The van der Waals surface area contributed by atoms with E-state index in [1.165, 1.54) is 7.11 Å². The van der Waals surface area contributed by atoms with Crippen LogP contribution in [-0.2, 0) is 20.7 Å².